The van der Waals surface area contributed by atoms with Crippen LogP contribution in [0.2, 0.25) is 0 Å². The summed E-state index contributed by atoms with van der Waals surface area (Å²) in [5.41, 5.74) is 3.39. The highest BCUT2D eigenvalue weighted by Gasteiger charge is 2.30. The summed E-state index contributed by atoms with van der Waals surface area (Å²) in [6.07, 6.45) is 5.23. The van der Waals surface area contributed by atoms with Crippen LogP contribution in [0.1, 0.15) is 50.5 Å². The molecule has 0 aromatic carbocycles. The van der Waals surface area contributed by atoms with E-state index in [0.29, 0.717) is 12.3 Å². The fourth-order valence-corrected chi connectivity index (χ4v) is 4.49. The fraction of sp³-hybridized carbons (Fsp3) is 0.421. The lowest BCUT2D eigenvalue weighted by Crippen LogP contribution is -2.39. The molecule has 0 spiro atoms. The van der Waals surface area contributed by atoms with Gasteiger partial charge < -0.3 is 9.42 Å². The molecule has 0 saturated carbocycles. The van der Waals surface area contributed by atoms with Crippen molar-refractivity contribution in [2.24, 2.45) is 0 Å². The van der Waals surface area contributed by atoms with Crippen LogP contribution >= 0.6 is 11.3 Å². The number of rotatable bonds is 3. The third kappa shape index (κ3) is 3.49. The highest BCUT2D eigenvalue weighted by atomic mass is 32.1. The Balaban J connectivity index is 1.61. The van der Waals surface area contributed by atoms with E-state index >= 15 is 0 Å². The van der Waals surface area contributed by atoms with Crippen molar-refractivity contribution < 1.29 is 9.32 Å². The van der Waals surface area contributed by atoms with Gasteiger partial charge in [-0.25, -0.2) is 15.0 Å². The summed E-state index contributed by atoms with van der Waals surface area (Å²) in [6.45, 7) is 7.10. The van der Waals surface area contributed by atoms with Gasteiger partial charge in [-0.05, 0) is 33.6 Å². The molecule has 140 valence electrons. The largest absolute Gasteiger partial charge is 0.356 e. The van der Waals surface area contributed by atoms with Crippen molar-refractivity contribution in [3.8, 4) is 11.3 Å². The zero-order valence-electron chi connectivity index (χ0n) is 15.6. The number of aromatic nitrogens is 4. The molecule has 3 aromatic rings. The van der Waals surface area contributed by atoms with Crippen molar-refractivity contribution >= 4 is 17.2 Å². The lowest BCUT2D eigenvalue weighted by atomic mass is 9.91. The molecule has 1 saturated heterocycles. The number of likely N-dealkylation sites (tertiary alicyclic amines) is 1. The highest BCUT2D eigenvalue weighted by molar-refractivity contribution is 7.13. The second-order valence-corrected chi connectivity index (χ2v) is 8.10. The Morgan fingerprint density at radius 2 is 2.19 bits per heavy atom. The molecule has 4 heterocycles. The minimum Gasteiger partial charge on any atom is -0.356 e. The first-order valence-electron chi connectivity index (χ1n) is 9.00. The number of aryl methyl sites for hydroxylation is 3. The molecule has 1 aliphatic heterocycles. The second kappa shape index (κ2) is 7.19. The van der Waals surface area contributed by atoms with Gasteiger partial charge in [0.05, 0.1) is 27.7 Å². The van der Waals surface area contributed by atoms with Crippen molar-refractivity contribution in [3.05, 3.63) is 45.6 Å². The first-order chi connectivity index (χ1) is 13.0. The van der Waals surface area contributed by atoms with E-state index in [-0.39, 0.29) is 11.8 Å². The van der Waals surface area contributed by atoms with Gasteiger partial charge >= 0.3 is 0 Å². The topological polar surface area (TPSA) is 85.0 Å². The third-order valence-corrected chi connectivity index (χ3v) is 5.89. The number of thiazole rings is 1. The van der Waals surface area contributed by atoms with Gasteiger partial charge in [-0.3, -0.25) is 4.79 Å². The Morgan fingerprint density at radius 3 is 2.89 bits per heavy atom. The molecular formula is C19H21N5O2S. The van der Waals surface area contributed by atoms with E-state index in [9.17, 15) is 4.79 Å². The molecule has 8 heteroatoms. The normalized spacial score (nSPS) is 17.3. The highest BCUT2D eigenvalue weighted by Crippen LogP contribution is 2.33. The minimum atomic E-state index is 0.0638. The van der Waals surface area contributed by atoms with E-state index in [1.807, 2.05) is 31.7 Å². The van der Waals surface area contributed by atoms with Crippen LogP contribution in [0.5, 0.6) is 0 Å². The van der Waals surface area contributed by atoms with Crippen LogP contribution in [-0.4, -0.2) is 44.0 Å². The van der Waals surface area contributed by atoms with Crippen LogP contribution in [0.15, 0.2) is 23.1 Å². The molecular weight excluding hydrogens is 362 g/mol. The molecule has 1 fully saturated rings. The summed E-state index contributed by atoms with van der Waals surface area (Å²) in [4.78, 5) is 28.7. The van der Waals surface area contributed by atoms with Crippen LogP contribution in [0.3, 0.4) is 0 Å². The van der Waals surface area contributed by atoms with E-state index in [1.54, 1.807) is 12.5 Å². The Morgan fingerprint density at radius 1 is 1.33 bits per heavy atom. The summed E-state index contributed by atoms with van der Waals surface area (Å²) >= 11 is 1.46. The molecule has 7 nitrogen and oxygen atoms in total. The molecule has 0 bridgehead atoms. The standard InChI is InChI=1S/C19H21N5O2S/c1-11-7-16(26-23-11)15-8-20-10-21-17(15)14-5-4-6-24(9-14)19(25)18-12(2)22-13(3)27-18/h7-8,10,14H,4-6,9H2,1-3H3/t14-/m0/s1. The van der Waals surface area contributed by atoms with Crippen LogP contribution in [0.25, 0.3) is 11.3 Å². The summed E-state index contributed by atoms with van der Waals surface area (Å²) < 4.78 is 5.43. The predicted molar refractivity (Wildman–Crippen MR) is 102 cm³/mol. The third-order valence-electron chi connectivity index (χ3n) is 4.83. The van der Waals surface area contributed by atoms with Gasteiger partial charge in [0.15, 0.2) is 5.76 Å². The van der Waals surface area contributed by atoms with Crippen LogP contribution in [0.4, 0.5) is 0 Å². The lowest BCUT2D eigenvalue weighted by Gasteiger charge is -2.32. The van der Waals surface area contributed by atoms with Crippen LogP contribution in [-0.2, 0) is 0 Å². The van der Waals surface area contributed by atoms with E-state index < -0.39 is 0 Å². The molecule has 4 rings (SSSR count). The second-order valence-electron chi connectivity index (χ2n) is 6.89. The zero-order valence-corrected chi connectivity index (χ0v) is 16.4. The summed E-state index contributed by atoms with van der Waals surface area (Å²) in [5, 5.41) is 4.89. The van der Waals surface area contributed by atoms with Crippen molar-refractivity contribution in [2.75, 3.05) is 13.1 Å². The fourth-order valence-electron chi connectivity index (χ4n) is 3.60. The molecule has 1 atom stereocenters. The lowest BCUT2D eigenvalue weighted by molar-refractivity contribution is 0.0710. The quantitative estimate of drug-likeness (QED) is 0.688. The van der Waals surface area contributed by atoms with Crippen molar-refractivity contribution in [3.63, 3.8) is 0 Å². The smallest absolute Gasteiger partial charge is 0.265 e. The summed E-state index contributed by atoms with van der Waals surface area (Å²) in [6, 6.07) is 1.89. The SMILES string of the molecule is Cc1cc(-c2cncnc2[C@H]2CCCN(C(=O)c3sc(C)nc3C)C2)on1. The Kier molecular flexibility index (Phi) is 4.73. The van der Waals surface area contributed by atoms with Crippen LogP contribution in [0, 0.1) is 20.8 Å². The van der Waals surface area contributed by atoms with E-state index in [2.05, 4.69) is 20.1 Å². The molecule has 27 heavy (non-hydrogen) atoms. The molecule has 0 N–H and O–H groups in total. The van der Waals surface area contributed by atoms with Gasteiger partial charge in [0.25, 0.3) is 5.91 Å². The summed E-state index contributed by atoms with van der Waals surface area (Å²) in [7, 11) is 0. The average molecular weight is 383 g/mol. The maximum absolute atomic E-state index is 13.0. The summed E-state index contributed by atoms with van der Waals surface area (Å²) in [5.74, 6) is 0.870. The Hall–Kier alpha value is -2.61. The molecule has 1 amide bonds. The average Bonchev–Trinajstić information content (AvgIpc) is 3.26. The zero-order chi connectivity index (χ0) is 19.0. The molecule has 0 radical (unpaired) electrons. The van der Waals surface area contributed by atoms with E-state index in [1.165, 1.54) is 11.3 Å². The van der Waals surface area contributed by atoms with Gasteiger partial charge in [-0.1, -0.05) is 5.16 Å². The molecule has 3 aromatic heterocycles. The van der Waals surface area contributed by atoms with Gasteiger partial charge in [0.1, 0.15) is 11.2 Å². The first-order valence-corrected chi connectivity index (χ1v) is 9.81. The van der Waals surface area contributed by atoms with Crippen molar-refractivity contribution in [2.45, 2.75) is 39.5 Å². The maximum atomic E-state index is 13.0. The van der Waals surface area contributed by atoms with E-state index in [0.717, 1.165) is 51.9 Å². The first kappa shape index (κ1) is 17.8. The number of hydrogen-bond acceptors (Lipinski definition) is 7. The molecule has 0 unspecified atom stereocenters. The maximum Gasteiger partial charge on any atom is 0.265 e. The number of nitrogens with zero attached hydrogens (tertiary/aromatic N) is 5. The number of hydrogen-bond donors (Lipinski definition) is 0. The minimum absolute atomic E-state index is 0.0638. The van der Waals surface area contributed by atoms with Gasteiger partial charge in [0.2, 0.25) is 0 Å². The number of piperidine rings is 1. The Labute approximate surface area is 161 Å². The van der Waals surface area contributed by atoms with Gasteiger partial charge in [-0.15, -0.1) is 11.3 Å². The van der Waals surface area contributed by atoms with Crippen molar-refractivity contribution in [1.29, 1.82) is 0 Å². The molecule has 0 aliphatic carbocycles. The van der Waals surface area contributed by atoms with Gasteiger partial charge in [0, 0.05) is 31.3 Å². The predicted octanol–water partition coefficient (Wildman–Crippen LogP) is 3.53. The van der Waals surface area contributed by atoms with Gasteiger partial charge in [-0.2, -0.15) is 0 Å². The van der Waals surface area contributed by atoms with Crippen molar-refractivity contribution in [1.82, 2.24) is 25.0 Å². The van der Waals surface area contributed by atoms with Crippen LogP contribution < -0.4 is 0 Å². The number of amides is 1. The Bertz CT molecular complexity index is 980. The van der Waals surface area contributed by atoms with E-state index in [4.69, 9.17) is 4.52 Å². The number of carbonyl (C=O) groups excluding carboxylic acids is 1. The number of carbonyl (C=O) groups is 1. The molecule has 1 aliphatic rings. The monoisotopic (exact) mass is 383 g/mol.